The van der Waals surface area contributed by atoms with Crippen LogP contribution in [0.4, 0.5) is 5.69 Å². The van der Waals surface area contributed by atoms with Crippen molar-refractivity contribution in [2.75, 3.05) is 5.12 Å². The van der Waals surface area contributed by atoms with Crippen LogP contribution in [0.2, 0.25) is 5.02 Å². The first-order valence-electron chi connectivity index (χ1n) is 4.85. The lowest BCUT2D eigenvalue weighted by Gasteiger charge is -2.19. The van der Waals surface area contributed by atoms with Crippen LogP contribution in [0.15, 0.2) is 35.8 Å². The van der Waals surface area contributed by atoms with Crippen molar-refractivity contribution < 1.29 is 4.86 Å². The summed E-state index contributed by atoms with van der Waals surface area (Å²) in [6, 6.07) is 5.12. The van der Waals surface area contributed by atoms with E-state index in [9.17, 15) is 5.21 Å². The van der Waals surface area contributed by atoms with Crippen molar-refractivity contribution in [3.05, 3.63) is 46.4 Å². The fraction of sp³-hybridized carbons (Fsp3) is 0.111. The number of benzene rings is 1. The van der Waals surface area contributed by atoms with Crippen LogP contribution in [-0.2, 0) is 6.54 Å². The van der Waals surface area contributed by atoms with Crippen molar-refractivity contribution >= 4 is 17.3 Å². The largest absolute Gasteiger partial charge is 0.691 e. The number of hydrogen-bond donors (Lipinski definition) is 0. The van der Waals surface area contributed by atoms with Gasteiger partial charge in [-0.1, -0.05) is 16.4 Å². The van der Waals surface area contributed by atoms with Crippen molar-refractivity contribution in [1.29, 1.82) is 0 Å². The lowest BCUT2D eigenvalue weighted by molar-refractivity contribution is -0.450. The van der Waals surface area contributed by atoms with E-state index in [2.05, 4.69) is 15.5 Å². The van der Waals surface area contributed by atoms with Crippen LogP contribution in [0.3, 0.4) is 0 Å². The van der Waals surface area contributed by atoms with Gasteiger partial charge in [-0.25, -0.2) is 0 Å². The minimum Gasteiger partial charge on any atom is -0.691 e. The predicted octanol–water partition coefficient (Wildman–Crippen LogP) is 1.59. The second-order valence-electron chi connectivity index (χ2n) is 3.49. The molecule has 0 atom stereocenters. The van der Waals surface area contributed by atoms with Gasteiger partial charge in [0.1, 0.15) is 5.22 Å². The molecule has 1 aromatic carbocycles. The van der Waals surface area contributed by atoms with E-state index in [4.69, 9.17) is 11.6 Å². The third-order valence-corrected chi connectivity index (χ3v) is 2.63. The molecule has 0 unspecified atom stereocenters. The molecule has 0 bridgehead atoms. The van der Waals surface area contributed by atoms with Gasteiger partial charge in [-0.3, -0.25) is 0 Å². The maximum atomic E-state index is 11.7. The van der Waals surface area contributed by atoms with E-state index >= 15 is 0 Å². The summed E-state index contributed by atoms with van der Waals surface area (Å²) < 4.78 is 0. The Morgan fingerprint density at radius 3 is 3.06 bits per heavy atom. The highest BCUT2D eigenvalue weighted by Gasteiger charge is 2.24. The fourth-order valence-corrected chi connectivity index (χ4v) is 1.78. The Hall–Kier alpha value is -2.15. The third-order valence-electron chi connectivity index (χ3n) is 2.40. The summed E-state index contributed by atoms with van der Waals surface area (Å²) in [7, 11) is 0. The van der Waals surface area contributed by atoms with Gasteiger partial charge in [-0.05, 0) is 22.5 Å². The molecule has 86 valence electrons. The molecule has 1 aromatic heterocycles. The van der Waals surface area contributed by atoms with E-state index < -0.39 is 0 Å². The smallest absolute Gasteiger partial charge is 0.166 e. The van der Waals surface area contributed by atoms with Crippen molar-refractivity contribution in [1.82, 2.24) is 15.1 Å². The molecule has 0 saturated carbocycles. The van der Waals surface area contributed by atoms with Gasteiger partial charge in [0.2, 0.25) is 0 Å². The van der Waals surface area contributed by atoms with E-state index in [0.29, 0.717) is 22.1 Å². The van der Waals surface area contributed by atoms with Crippen molar-refractivity contribution in [2.24, 2.45) is 5.22 Å². The SMILES string of the molecule is [O-][N+]1=NN(n2ccnn2)Cc2ccc(Cl)cc21. The molecule has 0 spiro atoms. The average molecular weight is 251 g/mol. The second-order valence-corrected chi connectivity index (χ2v) is 3.93. The minimum atomic E-state index is 0.439. The van der Waals surface area contributed by atoms with Gasteiger partial charge in [0.05, 0.1) is 12.4 Å². The molecule has 0 amide bonds. The van der Waals surface area contributed by atoms with E-state index in [1.807, 2.05) is 0 Å². The molecule has 0 radical (unpaired) electrons. The van der Waals surface area contributed by atoms with Crippen LogP contribution < -0.4 is 5.12 Å². The molecule has 7 nitrogen and oxygen atoms in total. The molecule has 2 heterocycles. The van der Waals surface area contributed by atoms with Crippen LogP contribution in [0, 0.1) is 5.21 Å². The summed E-state index contributed by atoms with van der Waals surface area (Å²) in [6.45, 7) is 0.439. The van der Waals surface area contributed by atoms with E-state index in [1.165, 1.54) is 16.1 Å². The normalized spacial score (nSPS) is 14.4. The van der Waals surface area contributed by atoms with Crippen molar-refractivity contribution in [2.45, 2.75) is 6.54 Å². The van der Waals surface area contributed by atoms with Gasteiger partial charge in [0.25, 0.3) is 0 Å². The first-order chi connectivity index (χ1) is 8.24. The Kier molecular flexibility index (Phi) is 2.19. The summed E-state index contributed by atoms with van der Waals surface area (Å²) in [6.07, 6.45) is 3.13. The number of hydrogen-bond acceptors (Lipinski definition) is 5. The highest BCUT2D eigenvalue weighted by atomic mass is 35.5. The van der Waals surface area contributed by atoms with Gasteiger partial charge in [0, 0.05) is 16.7 Å². The zero-order chi connectivity index (χ0) is 11.8. The van der Waals surface area contributed by atoms with Gasteiger partial charge >= 0.3 is 0 Å². The van der Waals surface area contributed by atoms with Gasteiger partial charge in [-0.2, -0.15) is 0 Å². The summed E-state index contributed by atoms with van der Waals surface area (Å²) in [5, 5.41) is 24.9. The highest BCUT2D eigenvalue weighted by Crippen LogP contribution is 2.27. The zero-order valence-corrected chi connectivity index (χ0v) is 9.32. The molecule has 2 aromatic rings. The molecule has 0 aliphatic carbocycles. The summed E-state index contributed by atoms with van der Waals surface area (Å²) in [5.74, 6) is 0. The Labute approximate surface area is 101 Å². The maximum Gasteiger partial charge on any atom is 0.166 e. The molecule has 1 aliphatic rings. The molecule has 17 heavy (non-hydrogen) atoms. The number of halogens is 1. The molecule has 8 heteroatoms. The maximum absolute atomic E-state index is 11.7. The first kappa shape index (κ1) is 10.0. The lowest BCUT2D eigenvalue weighted by atomic mass is 10.2. The molecule has 3 rings (SSSR count). The summed E-state index contributed by atoms with van der Waals surface area (Å²) in [4.78, 5) is 1.91. The zero-order valence-electron chi connectivity index (χ0n) is 8.56. The van der Waals surface area contributed by atoms with Crippen LogP contribution in [0.5, 0.6) is 0 Å². The molecule has 0 N–H and O–H groups in total. The quantitative estimate of drug-likeness (QED) is 0.569. The summed E-state index contributed by atoms with van der Waals surface area (Å²) in [5.41, 5.74) is 1.28. The third kappa shape index (κ3) is 1.70. The standard InChI is InChI=1S/C9H7ClN6O/c10-8-2-1-7-6-15(14-4-3-11-12-14)13-16(17)9(7)5-8/h1-5H,6H2. The van der Waals surface area contributed by atoms with Crippen molar-refractivity contribution in [3.63, 3.8) is 0 Å². The summed E-state index contributed by atoms with van der Waals surface area (Å²) >= 11 is 5.83. The number of rotatable bonds is 1. The Balaban J connectivity index is 2.03. The molecular formula is C9H7ClN6O. The first-order valence-corrected chi connectivity index (χ1v) is 5.23. The highest BCUT2D eigenvalue weighted by molar-refractivity contribution is 6.30. The molecular weight excluding hydrogens is 244 g/mol. The average Bonchev–Trinajstić information content (AvgIpc) is 2.83. The van der Waals surface area contributed by atoms with Crippen LogP contribution in [-0.4, -0.2) is 20.0 Å². The molecule has 0 fully saturated rings. The Morgan fingerprint density at radius 2 is 2.29 bits per heavy atom. The topological polar surface area (TPSA) is 72.4 Å². The van der Waals surface area contributed by atoms with Gasteiger partial charge in [-0.15, -0.1) is 9.96 Å². The van der Waals surface area contributed by atoms with Crippen LogP contribution >= 0.6 is 11.6 Å². The Morgan fingerprint density at radius 1 is 1.41 bits per heavy atom. The Bertz CT molecular complexity index is 581. The number of aromatic nitrogens is 3. The van der Waals surface area contributed by atoms with E-state index in [-0.39, 0.29) is 0 Å². The van der Waals surface area contributed by atoms with Crippen molar-refractivity contribution in [3.8, 4) is 0 Å². The van der Waals surface area contributed by atoms with Crippen LogP contribution in [0.1, 0.15) is 5.56 Å². The van der Waals surface area contributed by atoms with Gasteiger partial charge in [0.15, 0.2) is 12.2 Å². The van der Waals surface area contributed by atoms with E-state index in [1.54, 1.807) is 24.4 Å². The minimum absolute atomic E-state index is 0.439. The lowest BCUT2D eigenvalue weighted by Crippen LogP contribution is -2.33. The second kappa shape index (κ2) is 3.70. The van der Waals surface area contributed by atoms with Gasteiger partial charge < -0.3 is 5.21 Å². The number of nitrogens with zero attached hydrogens (tertiary/aromatic N) is 6. The van der Waals surface area contributed by atoms with Crippen LogP contribution in [0.25, 0.3) is 0 Å². The monoisotopic (exact) mass is 250 g/mol. The fourth-order valence-electron chi connectivity index (χ4n) is 1.61. The molecule has 1 aliphatic heterocycles. The molecule has 0 saturated heterocycles. The number of fused-ring (bicyclic) bond motifs is 1. The van der Waals surface area contributed by atoms with E-state index in [0.717, 1.165) is 5.56 Å². The predicted molar refractivity (Wildman–Crippen MR) is 59.1 cm³/mol.